The van der Waals surface area contributed by atoms with Crippen molar-refractivity contribution in [2.45, 2.75) is 50.4 Å². The van der Waals surface area contributed by atoms with Crippen LogP contribution in [0.1, 0.15) is 48.4 Å². The van der Waals surface area contributed by atoms with Crippen molar-refractivity contribution >= 4 is 28.2 Å². The third kappa shape index (κ3) is 3.73. The van der Waals surface area contributed by atoms with Gasteiger partial charge in [0.05, 0.1) is 11.6 Å². The summed E-state index contributed by atoms with van der Waals surface area (Å²) in [6.45, 7) is 3.22. The quantitative estimate of drug-likeness (QED) is 0.360. The number of rotatable bonds is 3. The van der Waals surface area contributed by atoms with Gasteiger partial charge in [-0.25, -0.2) is 4.39 Å². The van der Waals surface area contributed by atoms with Crippen molar-refractivity contribution in [3.05, 3.63) is 68.2 Å². The lowest BCUT2D eigenvalue weighted by molar-refractivity contribution is -0.272. The number of phenols is 1. The van der Waals surface area contributed by atoms with Gasteiger partial charge in [0.25, 0.3) is 0 Å². The zero-order valence-electron chi connectivity index (χ0n) is 17.6. The van der Waals surface area contributed by atoms with Crippen LogP contribution in [0.5, 0.6) is 5.75 Å². The SMILES string of the molecule is CCC1C[C@](O)(C(F)(F)F)C(Nc2cc(F)cc3[nH]c(=O)ccc23)c2cc(Cl)c(C)c(O)c21. The number of anilines is 1. The van der Waals surface area contributed by atoms with Crippen molar-refractivity contribution in [1.82, 2.24) is 4.98 Å². The van der Waals surface area contributed by atoms with Crippen LogP contribution in [-0.4, -0.2) is 27.0 Å². The maximum atomic E-state index is 14.3. The summed E-state index contributed by atoms with van der Waals surface area (Å²) >= 11 is 6.20. The predicted molar refractivity (Wildman–Crippen MR) is 117 cm³/mol. The molecule has 2 unspecified atom stereocenters. The highest BCUT2D eigenvalue weighted by molar-refractivity contribution is 6.31. The van der Waals surface area contributed by atoms with Gasteiger partial charge in [0.15, 0.2) is 5.60 Å². The monoisotopic (exact) mass is 484 g/mol. The molecule has 3 aromatic rings. The molecule has 4 N–H and O–H groups in total. The first-order valence-corrected chi connectivity index (χ1v) is 10.6. The molecule has 10 heteroatoms. The highest BCUT2D eigenvalue weighted by Crippen LogP contribution is 2.56. The largest absolute Gasteiger partial charge is 0.507 e. The van der Waals surface area contributed by atoms with E-state index in [1.165, 1.54) is 12.1 Å². The molecule has 1 aliphatic rings. The van der Waals surface area contributed by atoms with Gasteiger partial charge in [-0.3, -0.25) is 4.79 Å². The first-order valence-electron chi connectivity index (χ1n) is 10.3. The number of aromatic hydroxyl groups is 1. The van der Waals surface area contributed by atoms with Crippen molar-refractivity contribution in [3.63, 3.8) is 0 Å². The second-order valence-corrected chi connectivity index (χ2v) is 8.79. The van der Waals surface area contributed by atoms with Gasteiger partial charge < -0.3 is 20.5 Å². The van der Waals surface area contributed by atoms with Gasteiger partial charge in [0, 0.05) is 33.3 Å². The van der Waals surface area contributed by atoms with Crippen LogP contribution in [0, 0.1) is 12.7 Å². The number of halogens is 5. The van der Waals surface area contributed by atoms with E-state index in [1.54, 1.807) is 13.8 Å². The third-order valence-corrected chi connectivity index (χ3v) is 6.80. The fourth-order valence-electron chi connectivity index (χ4n) is 4.63. The molecular formula is C23H21ClF4N2O3. The van der Waals surface area contributed by atoms with Crippen molar-refractivity contribution < 1.29 is 27.8 Å². The van der Waals surface area contributed by atoms with Crippen molar-refractivity contribution in [2.75, 3.05) is 5.32 Å². The molecule has 1 aliphatic carbocycles. The molecule has 33 heavy (non-hydrogen) atoms. The molecule has 3 atom stereocenters. The smallest absolute Gasteiger partial charge is 0.419 e. The Morgan fingerprint density at radius 2 is 1.97 bits per heavy atom. The first kappa shape index (κ1) is 23.4. The van der Waals surface area contributed by atoms with Gasteiger partial charge in [-0.1, -0.05) is 18.5 Å². The minimum Gasteiger partial charge on any atom is -0.507 e. The van der Waals surface area contributed by atoms with E-state index in [0.29, 0.717) is 5.56 Å². The van der Waals surface area contributed by atoms with E-state index in [9.17, 15) is 32.6 Å². The fraction of sp³-hybridized carbons (Fsp3) is 0.348. The molecule has 1 heterocycles. The minimum absolute atomic E-state index is 0.0251. The van der Waals surface area contributed by atoms with Crippen LogP contribution in [0.2, 0.25) is 5.02 Å². The van der Waals surface area contributed by atoms with Gasteiger partial charge in [-0.05, 0) is 55.5 Å². The Morgan fingerprint density at radius 1 is 1.27 bits per heavy atom. The number of H-pyrrole nitrogens is 1. The van der Waals surface area contributed by atoms with E-state index in [4.69, 9.17) is 11.6 Å². The standard InChI is InChI=1S/C23H21ClF4N2O3/c1-3-11-9-22(33,23(26,27)28)21(14-8-15(24)10(2)20(32)19(11)14)30-17-7-12(25)6-16-13(17)4-5-18(31)29-16/h4-8,11,21,30,32-33H,3,9H2,1-2H3,(H,29,31)/t11?,21?,22-/m1/s1. The number of pyridine rings is 1. The Kier molecular flexibility index (Phi) is 5.61. The van der Waals surface area contributed by atoms with E-state index >= 15 is 0 Å². The van der Waals surface area contributed by atoms with Crippen molar-refractivity contribution in [2.24, 2.45) is 0 Å². The molecule has 0 saturated carbocycles. The maximum Gasteiger partial charge on any atom is 0.419 e. The average molecular weight is 485 g/mol. The van der Waals surface area contributed by atoms with Crippen LogP contribution in [-0.2, 0) is 0 Å². The molecule has 0 saturated heterocycles. The highest BCUT2D eigenvalue weighted by atomic mass is 35.5. The van der Waals surface area contributed by atoms with Gasteiger partial charge in [-0.15, -0.1) is 0 Å². The van der Waals surface area contributed by atoms with Gasteiger partial charge in [0.1, 0.15) is 11.6 Å². The average Bonchev–Trinajstić information content (AvgIpc) is 2.72. The van der Waals surface area contributed by atoms with Crippen LogP contribution in [0.4, 0.5) is 23.2 Å². The molecule has 0 spiro atoms. The normalized spacial score (nSPS) is 22.9. The minimum atomic E-state index is -5.06. The Morgan fingerprint density at radius 3 is 2.61 bits per heavy atom. The van der Waals surface area contributed by atoms with E-state index in [2.05, 4.69) is 10.3 Å². The zero-order valence-corrected chi connectivity index (χ0v) is 18.4. The summed E-state index contributed by atoms with van der Waals surface area (Å²) < 4.78 is 57.2. The number of phenolic OH excluding ortho intramolecular Hbond substituents is 1. The van der Waals surface area contributed by atoms with Gasteiger partial charge >= 0.3 is 6.18 Å². The summed E-state index contributed by atoms with van der Waals surface area (Å²) in [5.74, 6) is -1.82. The second-order valence-electron chi connectivity index (χ2n) is 8.38. The van der Waals surface area contributed by atoms with Crippen LogP contribution in [0.3, 0.4) is 0 Å². The number of fused-ring (bicyclic) bond motifs is 2. The van der Waals surface area contributed by atoms with E-state index in [0.717, 1.165) is 18.2 Å². The van der Waals surface area contributed by atoms with Crippen LogP contribution in [0.25, 0.3) is 10.9 Å². The Labute approximate surface area is 191 Å². The summed E-state index contributed by atoms with van der Waals surface area (Å²) in [6.07, 6.45) is -5.53. The topological polar surface area (TPSA) is 85.4 Å². The molecule has 0 amide bonds. The molecule has 0 fully saturated rings. The predicted octanol–water partition coefficient (Wildman–Crippen LogP) is 5.68. The lowest BCUT2D eigenvalue weighted by atomic mass is 9.68. The highest BCUT2D eigenvalue weighted by Gasteiger charge is 2.62. The molecule has 1 aromatic heterocycles. The van der Waals surface area contributed by atoms with Crippen molar-refractivity contribution in [3.8, 4) is 5.75 Å². The number of benzene rings is 2. The summed E-state index contributed by atoms with van der Waals surface area (Å²) in [5.41, 5.74) is -3.18. The molecule has 2 aromatic carbocycles. The van der Waals surface area contributed by atoms with Crippen molar-refractivity contribution in [1.29, 1.82) is 0 Å². The number of aromatic nitrogens is 1. The molecule has 0 bridgehead atoms. The lowest BCUT2D eigenvalue weighted by Crippen LogP contribution is -2.55. The fourth-order valence-corrected chi connectivity index (χ4v) is 4.84. The Bertz CT molecular complexity index is 1310. The number of hydrogen-bond donors (Lipinski definition) is 4. The number of hydrogen-bond acceptors (Lipinski definition) is 4. The molecule has 0 radical (unpaired) electrons. The van der Waals surface area contributed by atoms with Crippen LogP contribution < -0.4 is 10.9 Å². The maximum absolute atomic E-state index is 14.3. The Balaban J connectivity index is 1.99. The van der Waals surface area contributed by atoms with E-state index < -0.39 is 41.5 Å². The van der Waals surface area contributed by atoms with E-state index in [1.807, 2.05) is 0 Å². The van der Waals surface area contributed by atoms with E-state index in [-0.39, 0.29) is 44.9 Å². The Hall–Kier alpha value is -2.78. The molecule has 5 nitrogen and oxygen atoms in total. The lowest BCUT2D eigenvalue weighted by Gasteiger charge is -2.46. The summed E-state index contributed by atoms with van der Waals surface area (Å²) in [4.78, 5) is 14.1. The molecule has 0 aliphatic heterocycles. The second kappa shape index (κ2) is 7.92. The summed E-state index contributed by atoms with van der Waals surface area (Å²) in [6, 6.07) is 4.03. The summed E-state index contributed by atoms with van der Waals surface area (Å²) in [5, 5.41) is 24.7. The number of aliphatic hydroxyl groups is 1. The zero-order chi connectivity index (χ0) is 24.3. The van der Waals surface area contributed by atoms with Gasteiger partial charge in [-0.2, -0.15) is 13.2 Å². The third-order valence-electron chi connectivity index (χ3n) is 6.40. The molecular weight excluding hydrogens is 464 g/mol. The molecule has 176 valence electrons. The number of alkyl halides is 3. The summed E-state index contributed by atoms with van der Waals surface area (Å²) in [7, 11) is 0. The number of aromatic amines is 1. The van der Waals surface area contributed by atoms with Crippen LogP contribution >= 0.6 is 11.6 Å². The van der Waals surface area contributed by atoms with Gasteiger partial charge in [0.2, 0.25) is 5.56 Å². The van der Waals surface area contributed by atoms with Crippen LogP contribution in [0.15, 0.2) is 35.1 Å². The number of nitrogens with one attached hydrogen (secondary N) is 2. The molecule has 4 rings (SSSR count). The first-order chi connectivity index (χ1) is 15.4.